The van der Waals surface area contributed by atoms with Crippen molar-refractivity contribution in [1.29, 1.82) is 0 Å². The molecule has 17 heavy (non-hydrogen) atoms. The molecular formula is C12H12Cl3NO. The maximum Gasteiger partial charge on any atom is 0.115 e. The second-order valence-electron chi connectivity index (χ2n) is 3.91. The highest BCUT2D eigenvalue weighted by Crippen LogP contribution is 2.38. The summed E-state index contributed by atoms with van der Waals surface area (Å²) in [5.41, 5.74) is 1.59. The molecule has 2 nitrogen and oxygen atoms in total. The minimum atomic E-state index is -0.643. The molecule has 0 fully saturated rings. The molecule has 0 amide bonds. The van der Waals surface area contributed by atoms with Crippen molar-refractivity contribution in [2.24, 2.45) is 0 Å². The first-order valence-corrected chi connectivity index (χ1v) is 6.45. The Morgan fingerprint density at radius 2 is 1.82 bits per heavy atom. The van der Waals surface area contributed by atoms with Gasteiger partial charge in [-0.2, -0.15) is 0 Å². The van der Waals surface area contributed by atoms with Gasteiger partial charge in [-0.05, 0) is 26.0 Å². The van der Waals surface area contributed by atoms with Crippen LogP contribution in [0.3, 0.4) is 0 Å². The third-order valence-corrected chi connectivity index (χ3v) is 3.94. The Hall–Kier alpha value is -0.410. The number of aryl methyl sites for hydroxylation is 1. The molecule has 0 saturated carbocycles. The quantitative estimate of drug-likeness (QED) is 0.854. The van der Waals surface area contributed by atoms with E-state index in [0.717, 1.165) is 10.9 Å². The average Bonchev–Trinajstić information content (AvgIpc) is 2.50. The normalized spacial score (nSPS) is 13.3. The zero-order chi connectivity index (χ0) is 12.7. The van der Waals surface area contributed by atoms with Crippen LogP contribution >= 0.6 is 34.8 Å². The first kappa shape index (κ1) is 13.0. The van der Waals surface area contributed by atoms with E-state index in [9.17, 15) is 5.11 Å². The molecule has 0 radical (unpaired) electrons. The molecule has 0 bridgehead atoms. The molecule has 1 aromatic heterocycles. The monoisotopic (exact) mass is 291 g/mol. The largest absolute Gasteiger partial charge is 0.389 e. The van der Waals surface area contributed by atoms with E-state index in [1.165, 1.54) is 0 Å². The summed E-state index contributed by atoms with van der Waals surface area (Å²) in [5.74, 6) is 0. The fourth-order valence-electron chi connectivity index (χ4n) is 2.04. The summed E-state index contributed by atoms with van der Waals surface area (Å²) in [6.07, 6.45) is -0.643. The summed E-state index contributed by atoms with van der Waals surface area (Å²) in [6, 6.07) is 3.53. The number of nitrogens with zero attached hydrogens (tertiary/aromatic N) is 1. The van der Waals surface area contributed by atoms with Gasteiger partial charge in [0.1, 0.15) is 5.15 Å². The second kappa shape index (κ2) is 4.69. The zero-order valence-corrected chi connectivity index (χ0v) is 11.7. The fraction of sp³-hybridized carbons (Fsp3) is 0.333. The van der Waals surface area contributed by atoms with Crippen molar-refractivity contribution in [1.82, 2.24) is 4.57 Å². The van der Waals surface area contributed by atoms with Crippen LogP contribution in [0.1, 0.15) is 25.5 Å². The van der Waals surface area contributed by atoms with E-state index in [2.05, 4.69) is 0 Å². The Kier molecular flexibility index (Phi) is 3.60. The predicted molar refractivity (Wildman–Crippen MR) is 73.3 cm³/mol. The summed E-state index contributed by atoms with van der Waals surface area (Å²) in [4.78, 5) is 0. The highest BCUT2D eigenvalue weighted by Gasteiger charge is 2.19. The van der Waals surface area contributed by atoms with E-state index in [1.807, 2.05) is 11.5 Å². The van der Waals surface area contributed by atoms with Crippen LogP contribution in [0.5, 0.6) is 0 Å². The van der Waals surface area contributed by atoms with Crippen LogP contribution in [-0.4, -0.2) is 9.67 Å². The Labute approximate surface area is 115 Å². The minimum Gasteiger partial charge on any atom is -0.389 e. The maximum atomic E-state index is 9.80. The number of halogens is 3. The smallest absolute Gasteiger partial charge is 0.115 e. The van der Waals surface area contributed by atoms with Gasteiger partial charge >= 0.3 is 0 Å². The Bertz CT molecular complexity index is 575. The average molecular weight is 293 g/mol. The highest BCUT2D eigenvalue weighted by atomic mass is 35.5. The summed E-state index contributed by atoms with van der Waals surface area (Å²) < 4.78 is 1.90. The van der Waals surface area contributed by atoms with Gasteiger partial charge in [0.2, 0.25) is 0 Å². The number of benzene rings is 1. The van der Waals surface area contributed by atoms with E-state index >= 15 is 0 Å². The van der Waals surface area contributed by atoms with E-state index in [-0.39, 0.29) is 0 Å². The van der Waals surface area contributed by atoms with Gasteiger partial charge in [-0.1, -0.05) is 34.8 Å². The van der Waals surface area contributed by atoms with Gasteiger partial charge in [0.05, 0.1) is 21.7 Å². The summed E-state index contributed by atoms with van der Waals surface area (Å²) >= 11 is 18.3. The van der Waals surface area contributed by atoms with Gasteiger partial charge < -0.3 is 9.67 Å². The molecular weight excluding hydrogens is 280 g/mol. The number of rotatable bonds is 2. The van der Waals surface area contributed by atoms with E-state index in [1.54, 1.807) is 19.1 Å². The predicted octanol–water partition coefficient (Wildman–Crippen LogP) is 4.67. The standard InChI is InChI=1S/C12H12Cl3NO/c1-3-16-10-5-9(14)8(13)4-7(10)11(6(2)17)12(16)15/h4-6,17H,3H2,1-2H3. The molecule has 1 atom stereocenters. The van der Waals surface area contributed by atoms with Crippen molar-refractivity contribution in [3.63, 3.8) is 0 Å². The van der Waals surface area contributed by atoms with Gasteiger partial charge in [0, 0.05) is 17.5 Å². The van der Waals surface area contributed by atoms with Crippen LogP contribution in [0.4, 0.5) is 0 Å². The van der Waals surface area contributed by atoms with Gasteiger partial charge in [-0.15, -0.1) is 0 Å². The van der Waals surface area contributed by atoms with Crippen molar-refractivity contribution in [2.45, 2.75) is 26.5 Å². The first-order chi connectivity index (χ1) is 7.97. The lowest BCUT2D eigenvalue weighted by Gasteiger charge is -2.04. The molecule has 1 unspecified atom stereocenters. The molecule has 92 valence electrons. The lowest BCUT2D eigenvalue weighted by Crippen LogP contribution is -1.95. The molecule has 1 heterocycles. The zero-order valence-electron chi connectivity index (χ0n) is 9.47. The third-order valence-electron chi connectivity index (χ3n) is 2.81. The van der Waals surface area contributed by atoms with Gasteiger partial charge in [-0.3, -0.25) is 0 Å². The van der Waals surface area contributed by atoms with E-state index in [0.29, 0.717) is 27.3 Å². The van der Waals surface area contributed by atoms with Crippen molar-refractivity contribution in [3.8, 4) is 0 Å². The van der Waals surface area contributed by atoms with E-state index < -0.39 is 6.10 Å². The van der Waals surface area contributed by atoms with Crippen LogP contribution in [0.15, 0.2) is 12.1 Å². The Morgan fingerprint density at radius 3 is 2.35 bits per heavy atom. The van der Waals surface area contributed by atoms with Crippen LogP contribution in [0.25, 0.3) is 10.9 Å². The Balaban J connectivity index is 2.90. The Morgan fingerprint density at radius 1 is 1.24 bits per heavy atom. The van der Waals surface area contributed by atoms with Gasteiger partial charge in [-0.25, -0.2) is 0 Å². The van der Waals surface area contributed by atoms with Crippen LogP contribution in [0.2, 0.25) is 15.2 Å². The topological polar surface area (TPSA) is 25.2 Å². The lowest BCUT2D eigenvalue weighted by atomic mass is 10.1. The number of fused-ring (bicyclic) bond motifs is 1. The number of hydrogen-bond donors (Lipinski definition) is 1. The molecule has 1 N–H and O–H groups in total. The van der Waals surface area contributed by atoms with Gasteiger partial charge in [0.25, 0.3) is 0 Å². The van der Waals surface area contributed by atoms with Crippen LogP contribution in [0, 0.1) is 0 Å². The second-order valence-corrected chi connectivity index (χ2v) is 5.08. The maximum absolute atomic E-state index is 9.80. The highest BCUT2D eigenvalue weighted by molar-refractivity contribution is 6.43. The van der Waals surface area contributed by atoms with Gasteiger partial charge in [0.15, 0.2) is 0 Å². The number of aliphatic hydroxyl groups excluding tert-OH is 1. The molecule has 2 rings (SSSR count). The first-order valence-electron chi connectivity index (χ1n) is 5.32. The molecule has 0 spiro atoms. The molecule has 0 aliphatic carbocycles. The summed E-state index contributed by atoms with van der Waals surface area (Å²) in [7, 11) is 0. The third kappa shape index (κ3) is 2.04. The van der Waals surface area contributed by atoms with Crippen molar-refractivity contribution in [3.05, 3.63) is 32.9 Å². The molecule has 1 aromatic carbocycles. The lowest BCUT2D eigenvalue weighted by molar-refractivity contribution is 0.200. The number of hydrogen-bond acceptors (Lipinski definition) is 1. The van der Waals surface area contributed by atoms with Crippen molar-refractivity contribution in [2.75, 3.05) is 0 Å². The number of aromatic nitrogens is 1. The molecule has 0 aliphatic rings. The van der Waals surface area contributed by atoms with Crippen LogP contribution in [-0.2, 0) is 6.54 Å². The summed E-state index contributed by atoms with van der Waals surface area (Å²) in [5, 5.41) is 12.1. The van der Waals surface area contributed by atoms with Crippen molar-refractivity contribution >= 4 is 45.7 Å². The van der Waals surface area contributed by atoms with Crippen molar-refractivity contribution < 1.29 is 5.11 Å². The van der Waals surface area contributed by atoms with Crippen LogP contribution < -0.4 is 0 Å². The fourth-order valence-corrected chi connectivity index (χ4v) is 2.84. The SMILES string of the molecule is CCn1c(Cl)c(C(C)O)c2cc(Cl)c(Cl)cc21. The molecule has 2 aromatic rings. The van der Waals surface area contributed by atoms with E-state index in [4.69, 9.17) is 34.8 Å². The summed E-state index contributed by atoms with van der Waals surface area (Å²) in [6.45, 7) is 4.38. The molecule has 0 saturated heterocycles. The minimum absolute atomic E-state index is 0.464. The molecule has 5 heteroatoms. The number of aliphatic hydroxyl groups is 1. The molecule has 0 aliphatic heterocycles.